The fraction of sp³-hybridized carbons (Fsp3) is 0.429. The number of rotatable bonds is 4. The Labute approximate surface area is 142 Å². The first-order valence-corrected chi connectivity index (χ1v) is 6.78. The summed E-state index contributed by atoms with van der Waals surface area (Å²) < 4.78 is 42.0. The first kappa shape index (κ1) is 19.9. The van der Waals surface area contributed by atoms with Crippen molar-refractivity contribution in [2.24, 2.45) is 5.92 Å². The van der Waals surface area contributed by atoms with Gasteiger partial charge in [-0.3, -0.25) is 9.59 Å². The number of methoxy groups -OCH3 is 1. The molecule has 1 aliphatic rings. The van der Waals surface area contributed by atoms with Gasteiger partial charge in [-0.2, -0.15) is 13.2 Å². The molecule has 6 nitrogen and oxygen atoms in total. The number of halogens is 4. The van der Waals surface area contributed by atoms with E-state index < -0.39 is 30.5 Å². The van der Waals surface area contributed by atoms with Crippen molar-refractivity contribution < 1.29 is 27.5 Å². The lowest BCUT2D eigenvalue weighted by Crippen LogP contribution is -2.36. The van der Waals surface area contributed by atoms with Crippen LogP contribution in [0.3, 0.4) is 0 Å². The van der Waals surface area contributed by atoms with Crippen LogP contribution in [-0.2, 0) is 9.59 Å². The van der Waals surface area contributed by atoms with Crippen LogP contribution in [0.15, 0.2) is 18.2 Å². The average molecular weight is 368 g/mol. The fourth-order valence-corrected chi connectivity index (χ4v) is 2.37. The normalized spacial score (nSPS) is 17.4. The largest absolute Gasteiger partial charge is 0.495 e. The molecule has 1 atom stereocenters. The summed E-state index contributed by atoms with van der Waals surface area (Å²) in [7, 11) is 1.45. The summed E-state index contributed by atoms with van der Waals surface area (Å²) in [6.07, 6.45) is -4.72. The van der Waals surface area contributed by atoms with Gasteiger partial charge in [0.05, 0.1) is 18.7 Å². The van der Waals surface area contributed by atoms with E-state index >= 15 is 0 Å². The number of nitrogens with zero attached hydrogens (tertiary/aromatic N) is 1. The van der Waals surface area contributed by atoms with Crippen molar-refractivity contribution in [3.05, 3.63) is 18.2 Å². The Hall–Kier alpha value is -2.16. The maximum absolute atomic E-state index is 12.4. The Morgan fingerprint density at radius 3 is 2.67 bits per heavy atom. The second-order valence-electron chi connectivity index (χ2n) is 5.24. The van der Waals surface area contributed by atoms with Gasteiger partial charge in [0.15, 0.2) is 0 Å². The quantitative estimate of drug-likeness (QED) is 0.798. The number of benzene rings is 1. The number of amides is 2. The third-order valence-corrected chi connectivity index (χ3v) is 3.45. The Morgan fingerprint density at radius 1 is 1.46 bits per heavy atom. The number of ether oxygens (including phenoxy) is 1. The lowest BCUT2D eigenvalue weighted by molar-refractivity contribution is -0.157. The fourth-order valence-electron chi connectivity index (χ4n) is 2.37. The van der Waals surface area contributed by atoms with Crippen molar-refractivity contribution in [1.29, 1.82) is 0 Å². The third kappa shape index (κ3) is 4.92. The van der Waals surface area contributed by atoms with E-state index in [1.165, 1.54) is 13.2 Å². The molecule has 0 radical (unpaired) electrons. The number of likely N-dealkylation sites (tertiary alicyclic amines) is 1. The second-order valence-corrected chi connectivity index (χ2v) is 5.24. The summed E-state index contributed by atoms with van der Waals surface area (Å²) in [6.45, 7) is -1.60. The van der Waals surface area contributed by atoms with Gasteiger partial charge in [0.1, 0.15) is 12.3 Å². The number of hydrogen-bond donors (Lipinski definition) is 2. The summed E-state index contributed by atoms with van der Waals surface area (Å²) in [6, 6.07) is 4.58. The number of hydrogen-bond acceptors (Lipinski definition) is 4. The van der Waals surface area contributed by atoms with Gasteiger partial charge in [0.25, 0.3) is 0 Å². The number of nitrogen functional groups attached to an aromatic ring is 1. The van der Waals surface area contributed by atoms with Crippen LogP contribution in [0.1, 0.15) is 6.42 Å². The van der Waals surface area contributed by atoms with E-state index in [9.17, 15) is 22.8 Å². The van der Waals surface area contributed by atoms with E-state index in [4.69, 9.17) is 10.5 Å². The zero-order valence-corrected chi connectivity index (χ0v) is 13.5. The maximum atomic E-state index is 12.4. The van der Waals surface area contributed by atoms with Crippen molar-refractivity contribution >= 4 is 35.6 Å². The Bertz CT molecular complexity index is 625. The summed E-state index contributed by atoms with van der Waals surface area (Å²) in [5.41, 5.74) is 6.41. The molecule has 0 aromatic heterocycles. The topological polar surface area (TPSA) is 84.7 Å². The SMILES string of the molecule is COc1ccc(NC(=O)C2CC(=O)N(CC(F)(F)F)C2)cc1N.Cl. The standard InChI is InChI=1S/C14H16F3N3O3.ClH/c1-23-11-3-2-9(5-10(11)18)19-13(22)8-4-12(21)20(6-8)7-14(15,16)17;/h2-3,5,8H,4,6-7,18H2,1H3,(H,19,22);1H. The van der Waals surface area contributed by atoms with Gasteiger partial charge in [-0.15, -0.1) is 12.4 Å². The van der Waals surface area contributed by atoms with Crippen LogP contribution < -0.4 is 15.8 Å². The minimum Gasteiger partial charge on any atom is -0.495 e. The molecular weight excluding hydrogens is 351 g/mol. The molecule has 1 saturated heterocycles. The molecule has 2 rings (SSSR count). The summed E-state index contributed by atoms with van der Waals surface area (Å²) in [5.74, 6) is -1.59. The zero-order chi connectivity index (χ0) is 17.2. The Morgan fingerprint density at radius 2 is 2.12 bits per heavy atom. The van der Waals surface area contributed by atoms with Crippen LogP contribution >= 0.6 is 12.4 Å². The van der Waals surface area contributed by atoms with Gasteiger partial charge in [0, 0.05) is 18.7 Å². The van der Waals surface area contributed by atoms with E-state index in [-0.39, 0.29) is 25.4 Å². The molecule has 3 N–H and O–H groups in total. The highest BCUT2D eigenvalue weighted by atomic mass is 35.5. The minimum atomic E-state index is -4.48. The van der Waals surface area contributed by atoms with E-state index in [1.807, 2.05) is 0 Å². The Kier molecular flexibility index (Phi) is 6.30. The van der Waals surface area contributed by atoms with Crippen LogP contribution in [0.5, 0.6) is 5.75 Å². The number of alkyl halides is 3. The molecule has 1 heterocycles. The third-order valence-electron chi connectivity index (χ3n) is 3.45. The molecule has 134 valence electrons. The molecule has 1 aliphatic heterocycles. The van der Waals surface area contributed by atoms with Gasteiger partial charge in [-0.05, 0) is 18.2 Å². The van der Waals surface area contributed by atoms with E-state index in [0.717, 1.165) is 0 Å². The second kappa shape index (κ2) is 7.61. The first-order valence-electron chi connectivity index (χ1n) is 6.78. The monoisotopic (exact) mass is 367 g/mol. The van der Waals surface area contributed by atoms with Crippen LogP contribution in [0.25, 0.3) is 0 Å². The van der Waals surface area contributed by atoms with E-state index in [2.05, 4.69) is 5.32 Å². The molecule has 10 heteroatoms. The highest BCUT2D eigenvalue weighted by Gasteiger charge is 2.40. The number of nitrogens with one attached hydrogen (secondary N) is 1. The van der Waals surface area contributed by atoms with Gasteiger partial charge in [-0.1, -0.05) is 0 Å². The number of nitrogens with two attached hydrogens (primary N) is 1. The van der Waals surface area contributed by atoms with Crippen molar-refractivity contribution in [2.45, 2.75) is 12.6 Å². The number of carbonyl (C=O) groups is 2. The molecule has 1 aromatic carbocycles. The first-order chi connectivity index (χ1) is 10.7. The summed E-state index contributed by atoms with van der Waals surface area (Å²) in [4.78, 5) is 24.3. The number of anilines is 2. The van der Waals surface area contributed by atoms with E-state index in [1.54, 1.807) is 12.1 Å². The van der Waals surface area contributed by atoms with Crippen LogP contribution in [0, 0.1) is 5.92 Å². The molecule has 0 bridgehead atoms. The molecule has 0 aliphatic carbocycles. The molecule has 0 saturated carbocycles. The summed E-state index contributed by atoms with van der Waals surface area (Å²) >= 11 is 0. The average Bonchev–Trinajstić information content (AvgIpc) is 2.78. The van der Waals surface area contributed by atoms with Gasteiger partial charge in [-0.25, -0.2) is 0 Å². The van der Waals surface area contributed by atoms with Crippen molar-refractivity contribution in [3.63, 3.8) is 0 Å². The van der Waals surface area contributed by atoms with Crippen LogP contribution in [0.2, 0.25) is 0 Å². The van der Waals surface area contributed by atoms with Crippen molar-refractivity contribution in [1.82, 2.24) is 4.90 Å². The van der Waals surface area contributed by atoms with Crippen LogP contribution in [0.4, 0.5) is 24.5 Å². The van der Waals surface area contributed by atoms with Gasteiger partial charge in [0.2, 0.25) is 11.8 Å². The van der Waals surface area contributed by atoms with Crippen molar-refractivity contribution in [3.8, 4) is 5.75 Å². The highest BCUT2D eigenvalue weighted by Crippen LogP contribution is 2.27. The smallest absolute Gasteiger partial charge is 0.406 e. The lowest BCUT2D eigenvalue weighted by atomic mass is 10.1. The van der Waals surface area contributed by atoms with Crippen LogP contribution in [-0.4, -0.2) is 43.1 Å². The molecule has 0 spiro atoms. The molecular formula is C14H17ClF3N3O3. The molecule has 1 fully saturated rings. The molecule has 1 aromatic rings. The van der Waals surface area contributed by atoms with Gasteiger partial charge < -0.3 is 20.7 Å². The zero-order valence-electron chi connectivity index (χ0n) is 12.7. The van der Waals surface area contributed by atoms with E-state index in [0.29, 0.717) is 22.0 Å². The Balaban J connectivity index is 0.00000288. The maximum Gasteiger partial charge on any atom is 0.406 e. The molecule has 1 unspecified atom stereocenters. The van der Waals surface area contributed by atoms with Crippen molar-refractivity contribution in [2.75, 3.05) is 31.2 Å². The number of carbonyl (C=O) groups excluding carboxylic acids is 2. The van der Waals surface area contributed by atoms with Gasteiger partial charge >= 0.3 is 6.18 Å². The lowest BCUT2D eigenvalue weighted by Gasteiger charge is -2.18. The summed E-state index contributed by atoms with van der Waals surface area (Å²) in [5, 5.41) is 2.55. The predicted octanol–water partition coefficient (Wildman–Crippen LogP) is 2.05. The molecule has 2 amide bonds. The predicted molar refractivity (Wildman–Crippen MR) is 84.0 cm³/mol. The highest BCUT2D eigenvalue weighted by molar-refractivity contribution is 5.97. The minimum absolute atomic E-state index is 0. The molecule has 24 heavy (non-hydrogen) atoms.